The van der Waals surface area contributed by atoms with Crippen LogP contribution < -0.4 is 34.1 Å². The number of hydrogen-bond donors (Lipinski definition) is 0. The average molecular weight is 428 g/mol. The van der Waals surface area contributed by atoms with E-state index < -0.39 is 0 Å². The van der Waals surface area contributed by atoms with E-state index in [4.69, 9.17) is 0 Å². The van der Waals surface area contributed by atoms with Gasteiger partial charge in [0.15, 0.2) is 0 Å². The molecule has 0 saturated carbocycles. The molecular formula is C9H15I2N2Na+2. The second-order valence-corrected chi connectivity index (χ2v) is 5.13. The van der Waals surface area contributed by atoms with Crippen LogP contribution >= 0.6 is 45.2 Å². The van der Waals surface area contributed by atoms with Crippen molar-refractivity contribution in [2.75, 3.05) is 8.86 Å². The summed E-state index contributed by atoms with van der Waals surface area (Å²) in [7, 11) is 0. The standard InChI is InChI=1S/C9H15I2N2.Na/c10-3-1-5-12-7-8-13(9-12)6-2-4-11;/h7-9H,1-6H2;/q2*+1. The molecule has 0 atom stereocenters. The van der Waals surface area contributed by atoms with E-state index in [1.54, 1.807) is 0 Å². The molecule has 74 valence electrons. The van der Waals surface area contributed by atoms with Crippen LogP contribution in [0.2, 0.25) is 0 Å². The Morgan fingerprint density at radius 3 is 2.50 bits per heavy atom. The van der Waals surface area contributed by atoms with Crippen LogP contribution in [0.25, 0.3) is 0 Å². The first-order chi connectivity index (χ1) is 6.36. The van der Waals surface area contributed by atoms with Gasteiger partial charge in [-0.3, -0.25) is 0 Å². The van der Waals surface area contributed by atoms with Crippen molar-refractivity contribution in [1.82, 2.24) is 4.57 Å². The Morgan fingerprint density at radius 1 is 1.14 bits per heavy atom. The van der Waals surface area contributed by atoms with E-state index in [1.807, 2.05) is 0 Å². The van der Waals surface area contributed by atoms with Crippen molar-refractivity contribution < 1.29 is 34.1 Å². The average Bonchev–Trinajstić information content (AvgIpc) is 2.59. The van der Waals surface area contributed by atoms with Crippen molar-refractivity contribution >= 4 is 45.2 Å². The maximum atomic E-state index is 2.42. The number of hydrogen-bond acceptors (Lipinski definition) is 0. The second-order valence-electron chi connectivity index (χ2n) is 2.97. The molecule has 0 unspecified atom stereocenters. The monoisotopic (exact) mass is 428 g/mol. The van der Waals surface area contributed by atoms with Crippen LogP contribution in [0, 0.1) is 0 Å². The van der Waals surface area contributed by atoms with Crippen LogP contribution in [0.3, 0.4) is 0 Å². The zero-order valence-electron chi connectivity index (χ0n) is 8.63. The number of aryl methyl sites for hydroxylation is 2. The third kappa shape index (κ3) is 6.30. The molecule has 14 heavy (non-hydrogen) atoms. The summed E-state index contributed by atoms with van der Waals surface area (Å²) in [5, 5.41) is 0. The molecule has 0 bridgehead atoms. The van der Waals surface area contributed by atoms with Crippen molar-refractivity contribution in [3.63, 3.8) is 0 Å². The third-order valence-corrected chi connectivity index (χ3v) is 3.37. The molecular weight excluding hydrogens is 413 g/mol. The largest absolute Gasteiger partial charge is 1.00 e. The Labute approximate surface area is 135 Å². The van der Waals surface area contributed by atoms with Crippen molar-refractivity contribution in [2.45, 2.75) is 25.9 Å². The Bertz CT molecular complexity index is 218. The first kappa shape index (κ1) is 15.7. The second kappa shape index (κ2) is 9.86. The van der Waals surface area contributed by atoms with Gasteiger partial charge in [0.1, 0.15) is 12.4 Å². The van der Waals surface area contributed by atoms with Gasteiger partial charge in [-0.15, -0.1) is 0 Å². The predicted octanol–water partition coefficient (Wildman–Crippen LogP) is -0.570. The molecule has 0 fully saturated rings. The van der Waals surface area contributed by atoms with Gasteiger partial charge < -0.3 is 0 Å². The van der Waals surface area contributed by atoms with Gasteiger partial charge in [0.25, 0.3) is 0 Å². The van der Waals surface area contributed by atoms with Crippen molar-refractivity contribution in [3.05, 3.63) is 18.7 Å². The van der Waals surface area contributed by atoms with E-state index in [9.17, 15) is 0 Å². The Balaban J connectivity index is 0.00000169. The normalized spacial score (nSPS) is 9.86. The molecule has 1 aromatic rings. The smallest absolute Gasteiger partial charge is 0.237 e. The van der Waals surface area contributed by atoms with Crippen molar-refractivity contribution in [3.8, 4) is 0 Å². The number of nitrogens with zero attached hydrogens (tertiary/aromatic N) is 2. The maximum absolute atomic E-state index is 2.42. The fourth-order valence-corrected chi connectivity index (χ4v) is 1.87. The van der Waals surface area contributed by atoms with Gasteiger partial charge in [-0.25, -0.2) is 9.13 Å². The van der Waals surface area contributed by atoms with Gasteiger partial charge in [0.2, 0.25) is 6.33 Å². The van der Waals surface area contributed by atoms with Crippen LogP contribution in [-0.4, -0.2) is 13.4 Å². The SMILES string of the molecule is ICCCn1cc[n+](CCCI)c1.[Na+]. The zero-order valence-corrected chi connectivity index (χ0v) is 14.9. The van der Waals surface area contributed by atoms with E-state index in [2.05, 4.69) is 73.0 Å². The number of alkyl halides is 2. The molecule has 1 rings (SSSR count). The number of halogens is 2. The summed E-state index contributed by atoms with van der Waals surface area (Å²) in [6.45, 7) is 2.31. The molecule has 1 heterocycles. The molecule has 0 aliphatic carbocycles. The van der Waals surface area contributed by atoms with E-state index >= 15 is 0 Å². The molecule has 1 aromatic heterocycles. The summed E-state index contributed by atoms with van der Waals surface area (Å²) in [5.41, 5.74) is 0. The maximum Gasteiger partial charge on any atom is 1.00 e. The Morgan fingerprint density at radius 2 is 1.86 bits per heavy atom. The summed E-state index contributed by atoms with van der Waals surface area (Å²) in [6.07, 6.45) is 9.07. The van der Waals surface area contributed by atoms with Gasteiger partial charge in [-0.05, 0) is 12.8 Å². The molecule has 0 N–H and O–H groups in total. The third-order valence-electron chi connectivity index (χ3n) is 1.85. The van der Waals surface area contributed by atoms with Gasteiger partial charge in [0, 0.05) is 8.86 Å². The zero-order chi connectivity index (χ0) is 9.52. The van der Waals surface area contributed by atoms with E-state index in [1.165, 1.54) is 21.7 Å². The van der Waals surface area contributed by atoms with Crippen LogP contribution in [0.5, 0.6) is 0 Å². The van der Waals surface area contributed by atoms with Crippen molar-refractivity contribution in [2.24, 2.45) is 0 Å². The van der Waals surface area contributed by atoms with Crippen LogP contribution in [0.1, 0.15) is 12.8 Å². The number of imidazole rings is 1. The molecule has 0 aliphatic rings. The molecule has 0 spiro atoms. The fourth-order valence-electron chi connectivity index (χ4n) is 1.19. The van der Waals surface area contributed by atoms with E-state index in [0.717, 1.165) is 13.1 Å². The van der Waals surface area contributed by atoms with Crippen molar-refractivity contribution in [1.29, 1.82) is 0 Å². The molecule has 0 aromatic carbocycles. The summed E-state index contributed by atoms with van der Waals surface area (Å²) in [5.74, 6) is 0. The minimum Gasteiger partial charge on any atom is -0.237 e. The summed E-state index contributed by atoms with van der Waals surface area (Å²) in [4.78, 5) is 0. The number of rotatable bonds is 6. The predicted molar refractivity (Wildman–Crippen MR) is 71.6 cm³/mol. The molecule has 0 amide bonds. The first-order valence-corrected chi connectivity index (χ1v) is 7.58. The minimum absolute atomic E-state index is 0. The molecule has 0 saturated heterocycles. The van der Waals surface area contributed by atoms with Gasteiger partial charge in [0.05, 0.1) is 13.1 Å². The fraction of sp³-hybridized carbons (Fsp3) is 0.667. The number of aromatic nitrogens is 2. The van der Waals surface area contributed by atoms with Gasteiger partial charge in [-0.1, -0.05) is 45.2 Å². The molecule has 5 heteroatoms. The van der Waals surface area contributed by atoms with Crippen LogP contribution in [0.15, 0.2) is 18.7 Å². The summed E-state index contributed by atoms with van der Waals surface area (Å²) >= 11 is 4.85. The molecule has 0 radical (unpaired) electrons. The molecule has 2 nitrogen and oxygen atoms in total. The quantitative estimate of drug-likeness (QED) is 0.249. The van der Waals surface area contributed by atoms with E-state index in [-0.39, 0.29) is 29.6 Å². The summed E-state index contributed by atoms with van der Waals surface area (Å²) < 4.78 is 7.02. The topological polar surface area (TPSA) is 8.81 Å². The Kier molecular flexibility index (Phi) is 11.0. The van der Waals surface area contributed by atoms with Gasteiger partial charge in [-0.2, -0.15) is 0 Å². The summed E-state index contributed by atoms with van der Waals surface area (Å²) in [6, 6.07) is 0. The van der Waals surface area contributed by atoms with E-state index in [0.29, 0.717) is 0 Å². The Hall–Kier alpha value is 1.67. The minimum atomic E-state index is 0. The van der Waals surface area contributed by atoms with Crippen LogP contribution in [0.4, 0.5) is 0 Å². The first-order valence-electron chi connectivity index (χ1n) is 4.53. The molecule has 0 aliphatic heterocycles. The van der Waals surface area contributed by atoms with Gasteiger partial charge >= 0.3 is 29.6 Å². The van der Waals surface area contributed by atoms with Crippen LogP contribution in [-0.2, 0) is 13.1 Å².